The van der Waals surface area contributed by atoms with Crippen LogP contribution in [0.15, 0.2) is 23.1 Å². The van der Waals surface area contributed by atoms with Crippen LogP contribution in [0.25, 0.3) is 0 Å². The van der Waals surface area contributed by atoms with E-state index in [1.165, 1.54) is 6.92 Å². The molecule has 9 heteroatoms. The third kappa shape index (κ3) is 5.09. The number of nitrogens with two attached hydrogens (primary N) is 1. The molecule has 0 heterocycles. The zero-order valence-electron chi connectivity index (χ0n) is 10.9. The summed E-state index contributed by atoms with van der Waals surface area (Å²) < 4.78 is 55.1. The lowest BCUT2D eigenvalue weighted by Gasteiger charge is -2.18. The van der Waals surface area contributed by atoms with Gasteiger partial charge in [0.25, 0.3) is 0 Å². The lowest BCUT2D eigenvalue weighted by Crippen LogP contribution is -2.31. The average Bonchev–Trinajstić information content (AvgIpc) is 2.38. The quantitative estimate of drug-likeness (QED) is 0.494. The summed E-state index contributed by atoms with van der Waals surface area (Å²) in [4.78, 5) is 11.0. The van der Waals surface area contributed by atoms with Gasteiger partial charge in [0.05, 0.1) is 12.6 Å². The summed E-state index contributed by atoms with van der Waals surface area (Å²) in [6.45, 7) is 1.40. The van der Waals surface area contributed by atoms with Crippen LogP contribution >= 0.6 is 11.8 Å². The molecule has 0 aliphatic heterocycles. The van der Waals surface area contributed by atoms with Crippen molar-refractivity contribution < 1.29 is 32.2 Å². The number of carbonyl (C=O) groups excluding carboxylic acids is 1. The third-order valence-electron chi connectivity index (χ3n) is 2.42. The summed E-state index contributed by atoms with van der Waals surface area (Å²) in [5.41, 5.74) is 0.643. The molecule has 0 aliphatic carbocycles. The summed E-state index contributed by atoms with van der Waals surface area (Å²) in [6, 6.07) is 1.24. The first-order valence-electron chi connectivity index (χ1n) is 5.80. The number of esters is 1. The monoisotopic (exact) mass is 327 g/mol. The van der Waals surface area contributed by atoms with Gasteiger partial charge in [-0.25, -0.2) is 9.18 Å². The van der Waals surface area contributed by atoms with Gasteiger partial charge in [0.1, 0.15) is 5.75 Å². The van der Waals surface area contributed by atoms with Crippen LogP contribution < -0.4 is 5.73 Å². The third-order valence-corrected chi connectivity index (χ3v) is 3.14. The first-order valence-corrected chi connectivity index (χ1v) is 6.62. The van der Waals surface area contributed by atoms with E-state index in [1.54, 1.807) is 0 Å². The Morgan fingerprint density at radius 3 is 2.62 bits per heavy atom. The molecular weight excluding hydrogens is 314 g/mol. The molecule has 3 N–H and O–H groups in total. The van der Waals surface area contributed by atoms with E-state index in [0.29, 0.717) is 0 Å². The van der Waals surface area contributed by atoms with E-state index in [-0.39, 0.29) is 17.1 Å². The number of phenols is 1. The molecule has 118 valence electrons. The van der Waals surface area contributed by atoms with Crippen molar-refractivity contribution in [2.45, 2.75) is 29.5 Å². The Hall–Kier alpha value is -1.48. The fraction of sp³-hybridized carbons (Fsp3) is 0.417. The van der Waals surface area contributed by atoms with Gasteiger partial charge in [-0.15, -0.1) is 0 Å². The lowest BCUT2D eigenvalue weighted by atomic mass is 10.0. The summed E-state index contributed by atoms with van der Waals surface area (Å²) in [6.07, 6.45) is -2.29. The second kappa shape index (κ2) is 6.99. The van der Waals surface area contributed by atoms with Crippen molar-refractivity contribution in [3.63, 3.8) is 0 Å². The van der Waals surface area contributed by atoms with Gasteiger partial charge < -0.3 is 15.6 Å². The van der Waals surface area contributed by atoms with E-state index >= 15 is 0 Å². The second-order valence-electron chi connectivity index (χ2n) is 3.95. The first-order chi connectivity index (χ1) is 9.65. The molecule has 0 saturated heterocycles. The number of aromatic hydroxyl groups is 1. The number of phenolic OH excluding ortho intramolecular Hbond substituents is 1. The van der Waals surface area contributed by atoms with Crippen LogP contribution in [0.4, 0.5) is 17.6 Å². The van der Waals surface area contributed by atoms with Gasteiger partial charge in [-0.1, -0.05) is 0 Å². The predicted octanol–water partition coefficient (Wildman–Crippen LogP) is 2.91. The molecule has 2 atom stereocenters. The Kier molecular flexibility index (Phi) is 5.85. The number of hydrogen-bond donors (Lipinski definition) is 2. The molecule has 0 radical (unpaired) electrons. The van der Waals surface area contributed by atoms with Gasteiger partial charge in [0.15, 0.2) is 0 Å². The Morgan fingerprint density at radius 1 is 1.48 bits per heavy atom. The van der Waals surface area contributed by atoms with E-state index in [0.717, 1.165) is 18.2 Å². The molecule has 0 aromatic heterocycles. The number of halogens is 4. The van der Waals surface area contributed by atoms with Crippen LogP contribution in [-0.4, -0.2) is 29.4 Å². The Morgan fingerprint density at radius 2 is 2.10 bits per heavy atom. The molecule has 1 aromatic carbocycles. The normalized spacial score (nSPS) is 14.6. The highest BCUT2D eigenvalue weighted by molar-refractivity contribution is 8.00. The highest BCUT2D eigenvalue weighted by atomic mass is 32.2. The largest absolute Gasteiger partial charge is 0.508 e. The smallest absolute Gasteiger partial charge is 0.446 e. The van der Waals surface area contributed by atoms with Crippen LogP contribution in [0, 0.1) is 0 Å². The first kappa shape index (κ1) is 17.6. The van der Waals surface area contributed by atoms with Crippen molar-refractivity contribution >= 4 is 17.7 Å². The van der Waals surface area contributed by atoms with Crippen molar-refractivity contribution in [3.8, 4) is 5.75 Å². The molecule has 1 aromatic rings. The highest BCUT2D eigenvalue weighted by Crippen LogP contribution is 2.39. The molecule has 0 saturated carbocycles. The number of thioether (sulfide) groups is 1. The zero-order chi connectivity index (χ0) is 16.2. The minimum Gasteiger partial charge on any atom is -0.508 e. The van der Waals surface area contributed by atoms with Crippen molar-refractivity contribution in [1.82, 2.24) is 0 Å². The molecule has 0 aliphatic rings. The molecule has 0 spiro atoms. The van der Waals surface area contributed by atoms with Crippen molar-refractivity contribution in [2.24, 2.45) is 5.73 Å². The van der Waals surface area contributed by atoms with Gasteiger partial charge in [0, 0.05) is 10.5 Å². The van der Waals surface area contributed by atoms with Gasteiger partial charge in [0.2, 0.25) is 6.17 Å². The van der Waals surface area contributed by atoms with Crippen molar-refractivity contribution in [1.29, 1.82) is 0 Å². The number of ether oxygens (including phenoxy) is 1. The maximum atomic E-state index is 13.8. The minimum atomic E-state index is -4.53. The highest BCUT2D eigenvalue weighted by Gasteiger charge is 2.32. The maximum absolute atomic E-state index is 13.8. The molecular formula is C12H13F4NO3S. The number of alkyl halides is 4. The summed E-state index contributed by atoms with van der Waals surface area (Å²) in [5.74, 6) is -1.74. The molecule has 0 bridgehead atoms. The average molecular weight is 327 g/mol. The fourth-order valence-electron chi connectivity index (χ4n) is 1.52. The topological polar surface area (TPSA) is 72.5 Å². The van der Waals surface area contributed by atoms with Crippen LogP contribution in [0.1, 0.15) is 18.5 Å². The molecule has 1 unspecified atom stereocenters. The Labute approximate surface area is 122 Å². The lowest BCUT2D eigenvalue weighted by molar-refractivity contribution is -0.149. The second-order valence-corrected chi connectivity index (χ2v) is 5.09. The van der Waals surface area contributed by atoms with Gasteiger partial charge in [-0.05, 0) is 36.9 Å². The van der Waals surface area contributed by atoms with Crippen molar-refractivity contribution in [2.75, 3.05) is 6.61 Å². The van der Waals surface area contributed by atoms with E-state index in [4.69, 9.17) is 5.73 Å². The molecule has 4 nitrogen and oxygen atoms in total. The standard InChI is InChI=1S/C12H13F4NO3S/c1-2-20-11(19)9(13)10(17)7-5-6(3-4-8(7)18)21-12(14,15)16/h3-5,9-10,18H,2,17H2,1H3/t9?,10-/m0/s1. The van der Waals surface area contributed by atoms with E-state index in [9.17, 15) is 27.5 Å². The minimum absolute atomic E-state index is 0.0675. The molecule has 0 amide bonds. The van der Waals surface area contributed by atoms with E-state index in [1.807, 2.05) is 0 Å². The predicted molar refractivity (Wildman–Crippen MR) is 68.5 cm³/mol. The summed E-state index contributed by atoms with van der Waals surface area (Å²) in [5, 5.41) is 9.57. The van der Waals surface area contributed by atoms with Crippen LogP contribution in [-0.2, 0) is 9.53 Å². The zero-order valence-corrected chi connectivity index (χ0v) is 11.7. The van der Waals surface area contributed by atoms with Crippen LogP contribution in [0.2, 0.25) is 0 Å². The van der Waals surface area contributed by atoms with Crippen LogP contribution in [0.3, 0.4) is 0 Å². The van der Waals surface area contributed by atoms with Gasteiger partial charge in [-0.2, -0.15) is 13.2 Å². The molecule has 1 rings (SSSR count). The molecule has 0 fully saturated rings. The van der Waals surface area contributed by atoms with E-state index < -0.39 is 41.2 Å². The molecule has 21 heavy (non-hydrogen) atoms. The van der Waals surface area contributed by atoms with E-state index in [2.05, 4.69) is 4.74 Å². The number of carbonyl (C=O) groups is 1. The van der Waals surface area contributed by atoms with Gasteiger partial charge in [-0.3, -0.25) is 0 Å². The van der Waals surface area contributed by atoms with Crippen molar-refractivity contribution in [3.05, 3.63) is 23.8 Å². The summed E-state index contributed by atoms with van der Waals surface area (Å²) >= 11 is -0.434. The SMILES string of the molecule is CCOC(=O)C(F)[C@@H](N)c1cc(SC(F)(F)F)ccc1O. The van der Waals surface area contributed by atoms with Gasteiger partial charge >= 0.3 is 11.5 Å². The maximum Gasteiger partial charge on any atom is 0.446 e. The number of hydrogen-bond acceptors (Lipinski definition) is 5. The van der Waals surface area contributed by atoms with Crippen LogP contribution in [0.5, 0.6) is 5.75 Å². The fourth-order valence-corrected chi connectivity index (χ4v) is 2.11. The number of rotatable bonds is 5. The summed E-state index contributed by atoms with van der Waals surface area (Å²) in [7, 11) is 0. The Bertz CT molecular complexity index is 510. The Balaban J connectivity index is 3.00. The number of benzene rings is 1.